The molecule has 1 aromatic carbocycles. The first-order chi connectivity index (χ1) is 23.2. The van der Waals surface area contributed by atoms with Crippen molar-refractivity contribution in [3.8, 4) is 0 Å². The van der Waals surface area contributed by atoms with E-state index in [0.717, 1.165) is 64.2 Å². The standard InChI is InChI=1S/C20H38O7S.C16H20O5.Na.Sn.H/c1-5-9-11-16(7-3)14-26-19(21)13-18(28(23,24)25)20(22)27-15-17(8-4)12-10-6-2;1-3-5-8-11(4-2)15(19)21-16(20)13-10-7-6-9-12(13)14(17)18;;;/h16-18H,5-15H2,1-4H3,(H,23,24,25);6-7,9-11H,3-5,8H2,1-2H3,(H,17,18);;;/q;;+1;;-1. The van der Waals surface area contributed by atoms with Crippen LogP contribution in [0.15, 0.2) is 24.3 Å². The molecular formula is C36H59NaO12SSn. The van der Waals surface area contributed by atoms with Gasteiger partial charge in [0.05, 0.1) is 36.7 Å². The third-order valence-corrected chi connectivity index (χ3v) is 9.38. The minimum atomic E-state index is -4.76. The smallest absolute Gasteiger partial charge is 1.00 e. The molecule has 0 heterocycles. The molecule has 0 aliphatic carbocycles. The molecule has 51 heavy (non-hydrogen) atoms. The van der Waals surface area contributed by atoms with Gasteiger partial charge >= 0.3 is 59.4 Å². The number of carbonyl (C=O) groups excluding carboxylic acids is 4. The average Bonchev–Trinajstić information content (AvgIpc) is 3.07. The van der Waals surface area contributed by atoms with Crippen molar-refractivity contribution in [3.05, 3.63) is 35.4 Å². The van der Waals surface area contributed by atoms with Crippen LogP contribution < -0.4 is 29.6 Å². The van der Waals surface area contributed by atoms with Gasteiger partial charge in [0.2, 0.25) is 0 Å². The molecule has 0 fully saturated rings. The van der Waals surface area contributed by atoms with Gasteiger partial charge in [0.1, 0.15) is 0 Å². The summed E-state index contributed by atoms with van der Waals surface area (Å²) in [5, 5.41) is 7.08. The zero-order valence-corrected chi connectivity index (χ0v) is 37.3. The molecule has 286 valence electrons. The summed E-state index contributed by atoms with van der Waals surface area (Å²) in [5.41, 5.74) is -0.277. The van der Waals surface area contributed by atoms with Gasteiger partial charge in [0.15, 0.2) is 5.25 Å². The summed E-state index contributed by atoms with van der Waals surface area (Å²) in [7, 11) is -4.76. The Kier molecular flexibility index (Phi) is 32.6. The normalized spacial score (nSPS) is 13.0. The summed E-state index contributed by atoms with van der Waals surface area (Å²) >= 11 is 0. The van der Waals surface area contributed by atoms with Gasteiger partial charge in [0.25, 0.3) is 10.1 Å². The Balaban J connectivity index is -0.000000433. The summed E-state index contributed by atoms with van der Waals surface area (Å²) in [6.45, 7) is 12.2. The fourth-order valence-corrected chi connectivity index (χ4v) is 5.49. The van der Waals surface area contributed by atoms with Crippen LogP contribution in [-0.4, -0.2) is 90.3 Å². The largest absolute Gasteiger partial charge is 1.00 e. The fourth-order valence-electron chi connectivity index (χ4n) is 4.84. The minimum absolute atomic E-state index is 0. The molecule has 4 atom stereocenters. The Hall–Kier alpha value is -1.52. The SMILES string of the molecule is CCCCC(CC)C(=O)OC(=O)c1ccccc1C(=O)O.CCCCC(CC)COC(=O)CC(C(=O)OCC(CC)CCCC)S(=O)(=O)O.[H-].[Na+].[Sn]. The molecule has 0 aliphatic rings. The second kappa shape index (κ2) is 30.9. The quantitative estimate of drug-likeness (QED) is 0.0527. The topological polar surface area (TPSA) is 188 Å². The maximum Gasteiger partial charge on any atom is 1.00 e. The van der Waals surface area contributed by atoms with Crippen molar-refractivity contribution in [2.24, 2.45) is 17.8 Å². The number of ether oxygens (including phenoxy) is 3. The molecule has 12 nitrogen and oxygen atoms in total. The van der Waals surface area contributed by atoms with Crippen molar-refractivity contribution >= 4 is 63.9 Å². The predicted octanol–water partition coefficient (Wildman–Crippen LogP) is 4.17. The third-order valence-electron chi connectivity index (χ3n) is 8.31. The Morgan fingerprint density at radius 1 is 0.725 bits per heavy atom. The van der Waals surface area contributed by atoms with Crippen LogP contribution in [0.1, 0.15) is 147 Å². The van der Waals surface area contributed by atoms with Crippen LogP contribution in [0.5, 0.6) is 0 Å². The molecule has 0 bridgehead atoms. The van der Waals surface area contributed by atoms with Crippen molar-refractivity contribution < 1.29 is 87.2 Å². The van der Waals surface area contributed by atoms with E-state index in [0.29, 0.717) is 12.8 Å². The van der Waals surface area contributed by atoms with E-state index in [9.17, 15) is 36.9 Å². The van der Waals surface area contributed by atoms with Crippen molar-refractivity contribution in [1.82, 2.24) is 0 Å². The van der Waals surface area contributed by atoms with Gasteiger partial charge in [-0.25, -0.2) is 9.59 Å². The van der Waals surface area contributed by atoms with Gasteiger partial charge in [0, 0.05) is 23.9 Å². The number of carboxylic acid groups (broad SMARTS) is 1. The fraction of sp³-hybridized carbons (Fsp3) is 0.694. The van der Waals surface area contributed by atoms with E-state index >= 15 is 0 Å². The second-order valence-corrected chi connectivity index (χ2v) is 13.8. The summed E-state index contributed by atoms with van der Waals surface area (Å²) in [6, 6.07) is 5.68. The van der Waals surface area contributed by atoms with Gasteiger partial charge in [-0.3, -0.25) is 18.9 Å². The predicted molar refractivity (Wildman–Crippen MR) is 192 cm³/mol. The Bertz CT molecular complexity index is 1280. The molecular weight excluding hydrogens is 798 g/mol. The van der Waals surface area contributed by atoms with E-state index in [1.54, 1.807) is 0 Å². The van der Waals surface area contributed by atoms with E-state index < -0.39 is 51.6 Å². The summed E-state index contributed by atoms with van der Waals surface area (Å²) in [6.07, 6.45) is 9.84. The number of benzene rings is 1. The van der Waals surface area contributed by atoms with Crippen LogP contribution >= 0.6 is 0 Å². The average molecular weight is 858 g/mol. The van der Waals surface area contributed by atoms with Gasteiger partial charge in [-0.2, -0.15) is 8.42 Å². The number of carboxylic acids is 1. The number of hydrogen-bond donors (Lipinski definition) is 2. The first-order valence-electron chi connectivity index (χ1n) is 17.6. The number of aromatic carboxylic acids is 1. The minimum Gasteiger partial charge on any atom is -1.00 e. The van der Waals surface area contributed by atoms with Crippen LogP contribution in [0, 0.1) is 17.8 Å². The zero-order valence-electron chi connectivity index (χ0n) is 32.6. The monoisotopic (exact) mass is 858 g/mol. The maximum absolute atomic E-state index is 12.2. The zero-order chi connectivity index (χ0) is 37.4. The molecule has 0 amide bonds. The number of unbranched alkanes of at least 4 members (excludes halogenated alkanes) is 3. The van der Waals surface area contributed by atoms with Gasteiger partial charge in [-0.15, -0.1) is 0 Å². The first kappa shape index (κ1) is 53.8. The van der Waals surface area contributed by atoms with Gasteiger partial charge < -0.3 is 20.7 Å². The maximum atomic E-state index is 12.2. The van der Waals surface area contributed by atoms with Crippen LogP contribution in [0.25, 0.3) is 0 Å². The van der Waals surface area contributed by atoms with Crippen molar-refractivity contribution in [2.45, 2.75) is 130 Å². The van der Waals surface area contributed by atoms with E-state index in [-0.39, 0.29) is 97.0 Å². The van der Waals surface area contributed by atoms with Crippen LogP contribution in [0.4, 0.5) is 0 Å². The summed E-state index contributed by atoms with van der Waals surface area (Å²) < 4.78 is 47.6. The molecule has 0 aliphatic heterocycles. The van der Waals surface area contributed by atoms with E-state index in [1.165, 1.54) is 24.3 Å². The number of esters is 4. The number of rotatable bonds is 23. The molecule has 0 aromatic heterocycles. The molecule has 4 unspecified atom stereocenters. The van der Waals surface area contributed by atoms with Crippen LogP contribution in [0.3, 0.4) is 0 Å². The second-order valence-electron chi connectivity index (χ2n) is 12.2. The molecule has 4 radical (unpaired) electrons. The van der Waals surface area contributed by atoms with Crippen LogP contribution in [0.2, 0.25) is 0 Å². The molecule has 15 heteroatoms. The van der Waals surface area contributed by atoms with E-state index in [1.807, 2.05) is 27.7 Å². The summed E-state index contributed by atoms with van der Waals surface area (Å²) in [5.74, 6) is -4.66. The molecule has 1 aromatic rings. The molecule has 2 N–H and O–H groups in total. The third kappa shape index (κ3) is 23.0. The number of hydrogen-bond acceptors (Lipinski definition) is 10. The van der Waals surface area contributed by atoms with Crippen molar-refractivity contribution in [3.63, 3.8) is 0 Å². The van der Waals surface area contributed by atoms with E-state index in [4.69, 9.17) is 19.3 Å². The van der Waals surface area contributed by atoms with Gasteiger partial charge in [-0.05, 0) is 49.7 Å². The van der Waals surface area contributed by atoms with Crippen molar-refractivity contribution in [2.75, 3.05) is 13.2 Å². The van der Waals surface area contributed by atoms with Crippen LogP contribution in [-0.2, 0) is 38.7 Å². The number of carbonyl (C=O) groups is 5. The Morgan fingerprint density at radius 3 is 1.63 bits per heavy atom. The molecule has 1 rings (SSSR count). The van der Waals surface area contributed by atoms with E-state index in [2.05, 4.69) is 13.8 Å². The first-order valence-corrected chi connectivity index (χ1v) is 19.1. The molecule has 0 saturated carbocycles. The Morgan fingerprint density at radius 2 is 1.20 bits per heavy atom. The molecule has 0 spiro atoms. The molecule has 0 saturated heterocycles. The Labute approximate surface area is 345 Å². The summed E-state index contributed by atoms with van der Waals surface area (Å²) in [4.78, 5) is 59.2. The van der Waals surface area contributed by atoms with Crippen molar-refractivity contribution in [1.29, 1.82) is 0 Å². The van der Waals surface area contributed by atoms with Gasteiger partial charge in [-0.1, -0.05) is 105 Å².